The number of rotatable bonds is 8. The van der Waals surface area contributed by atoms with E-state index in [9.17, 15) is 0 Å². The zero-order chi connectivity index (χ0) is 41.2. The van der Waals surface area contributed by atoms with Crippen molar-refractivity contribution in [1.29, 1.82) is 0 Å². The van der Waals surface area contributed by atoms with Crippen molar-refractivity contribution in [3.63, 3.8) is 0 Å². The van der Waals surface area contributed by atoms with E-state index in [0.717, 1.165) is 22.4 Å². The smallest absolute Gasteiger partial charge is 0.0717 e. The molecule has 0 aliphatic carbocycles. The van der Waals surface area contributed by atoms with Crippen LogP contribution in [0.15, 0.2) is 243 Å². The van der Waals surface area contributed by atoms with E-state index in [1.54, 1.807) is 6.20 Å². The molecule has 0 aliphatic rings. The minimum atomic E-state index is 0.900. The van der Waals surface area contributed by atoms with Gasteiger partial charge in [0.05, 0.1) is 5.69 Å². The molecule has 0 saturated carbocycles. The van der Waals surface area contributed by atoms with Crippen LogP contribution in [0, 0.1) is 0 Å². The summed E-state index contributed by atoms with van der Waals surface area (Å²) in [6, 6.07) is 81.2. The van der Waals surface area contributed by atoms with Gasteiger partial charge in [0, 0.05) is 29.7 Å². The SMILES string of the molecule is c1ccc(-c2ccc(-c3ccccc3-c3c4ccccc4c(-c4ccccc4-c4ccc(-c5ccccc5)cc4)c4cc(-c5ccc(-c6cccnc6)nc5)ccc34)cc2)cc1. The molecule has 0 saturated heterocycles. The lowest BCUT2D eigenvalue weighted by Crippen LogP contribution is -1.95. The molecule has 2 nitrogen and oxygen atoms in total. The highest BCUT2D eigenvalue weighted by molar-refractivity contribution is 6.24. The Morgan fingerprint density at radius 1 is 0.242 bits per heavy atom. The predicted molar refractivity (Wildman–Crippen MR) is 261 cm³/mol. The number of hydrogen-bond donors (Lipinski definition) is 0. The lowest BCUT2D eigenvalue weighted by atomic mass is 9.81. The average Bonchev–Trinajstić information content (AvgIpc) is 3.36. The Morgan fingerprint density at radius 3 is 1.18 bits per heavy atom. The minimum absolute atomic E-state index is 0.900. The molecule has 0 radical (unpaired) electrons. The minimum Gasteiger partial charge on any atom is -0.264 e. The van der Waals surface area contributed by atoms with Crippen molar-refractivity contribution in [2.24, 2.45) is 0 Å². The van der Waals surface area contributed by atoms with Crippen LogP contribution in [0.3, 0.4) is 0 Å². The Balaban J connectivity index is 1.13. The highest BCUT2D eigenvalue weighted by Gasteiger charge is 2.21. The summed E-state index contributed by atoms with van der Waals surface area (Å²) in [5, 5.41) is 4.81. The van der Waals surface area contributed by atoms with Crippen molar-refractivity contribution in [1.82, 2.24) is 9.97 Å². The Hall–Kier alpha value is -8.20. The topological polar surface area (TPSA) is 25.8 Å². The lowest BCUT2D eigenvalue weighted by molar-refractivity contribution is 1.28. The number of pyridine rings is 2. The van der Waals surface area contributed by atoms with Crippen LogP contribution < -0.4 is 0 Å². The van der Waals surface area contributed by atoms with Gasteiger partial charge in [0.25, 0.3) is 0 Å². The normalized spacial score (nSPS) is 11.2. The van der Waals surface area contributed by atoms with E-state index < -0.39 is 0 Å². The van der Waals surface area contributed by atoms with E-state index in [-0.39, 0.29) is 0 Å². The molecular weight excluding hydrogens is 749 g/mol. The van der Waals surface area contributed by atoms with E-state index in [1.807, 2.05) is 24.5 Å². The molecule has 0 spiro atoms. The van der Waals surface area contributed by atoms with Gasteiger partial charge in [-0.2, -0.15) is 0 Å². The Bertz CT molecular complexity index is 3340. The molecular formula is C60H40N2. The molecule has 2 heterocycles. The van der Waals surface area contributed by atoms with E-state index >= 15 is 0 Å². The van der Waals surface area contributed by atoms with Gasteiger partial charge in [-0.05, 0) is 118 Å². The third-order valence-corrected chi connectivity index (χ3v) is 12.1. The monoisotopic (exact) mass is 788 g/mol. The van der Waals surface area contributed by atoms with Gasteiger partial charge in [0.15, 0.2) is 0 Å². The van der Waals surface area contributed by atoms with Gasteiger partial charge in [0.1, 0.15) is 0 Å². The summed E-state index contributed by atoms with van der Waals surface area (Å²) in [6.45, 7) is 0. The molecule has 0 unspecified atom stereocenters. The molecule has 0 amide bonds. The summed E-state index contributed by atoms with van der Waals surface area (Å²) in [5.41, 5.74) is 18.5. The van der Waals surface area contributed by atoms with Crippen LogP contribution in [0.25, 0.3) is 111 Å². The molecule has 2 aromatic heterocycles. The van der Waals surface area contributed by atoms with Crippen molar-refractivity contribution in [3.05, 3.63) is 243 Å². The Morgan fingerprint density at radius 2 is 0.661 bits per heavy atom. The fourth-order valence-electron chi connectivity index (χ4n) is 9.04. The van der Waals surface area contributed by atoms with Gasteiger partial charge >= 0.3 is 0 Å². The first-order valence-electron chi connectivity index (χ1n) is 21.1. The fraction of sp³-hybridized carbons (Fsp3) is 0. The first-order valence-corrected chi connectivity index (χ1v) is 21.1. The van der Waals surface area contributed by atoms with Crippen molar-refractivity contribution in [2.75, 3.05) is 0 Å². The second-order valence-corrected chi connectivity index (χ2v) is 15.7. The molecule has 0 bridgehead atoms. The van der Waals surface area contributed by atoms with Gasteiger partial charge in [-0.25, -0.2) is 0 Å². The second-order valence-electron chi connectivity index (χ2n) is 15.7. The van der Waals surface area contributed by atoms with Crippen molar-refractivity contribution in [2.45, 2.75) is 0 Å². The molecule has 11 rings (SSSR count). The number of nitrogens with zero attached hydrogens (tertiary/aromatic N) is 2. The maximum atomic E-state index is 4.91. The second kappa shape index (κ2) is 16.1. The first-order chi connectivity index (χ1) is 30.8. The number of hydrogen-bond acceptors (Lipinski definition) is 2. The fourth-order valence-corrected chi connectivity index (χ4v) is 9.04. The van der Waals surface area contributed by atoms with E-state index in [0.29, 0.717) is 0 Å². The van der Waals surface area contributed by atoms with Gasteiger partial charge in [0.2, 0.25) is 0 Å². The standard InChI is InChI=1S/C60H40N2/c1-3-14-41(15-4-1)43-25-29-45(30-26-43)50-19-7-9-21-52(50)59-54-23-11-12-24-55(54)60(53-22-10-8-20-51(53)46-31-27-44(28-32-46)42-16-5-2-6-17-42)57-38-47(33-35-56(57)59)48-34-36-58(62-40-48)49-18-13-37-61-39-49/h1-40H. The number of fused-ring (bicyclic) bond motifs is 2. The third kappa shape index (κ3) is 6.84. The molecule has 0 atom stereocenters. The van der Waals surface area contributed by atoms with Gasteiger partial charge in [-0.1, -0.05) is 200 Å². The van der Waals surface area contributed by atoms with Crippen LogP contribution >= 0.6 is 0 Å². The molecule has 0 fully saturated rings. The molecule has 0 N–H and O–H groups in total. The quantitative estimate of drug-likeness (QED) is 0.143. The summed E-state index contributed by atoms with van der Waals surface area (Å²) in [6.07, 6.45) is 5.64. The van der Waals surface area contributed by atoms with Gasteiger partial charge < -0.3 is 0 Å². The van der Waals surface area contributed by atoms with Crippen LogP contribution in [0.2, 0.25) is 0 Å². The van der Waals surface area contributed by atoms with E-state index in [2.05, 4.69) is 217 Å². The summed E-state index contributed by atoms with van der Waals surface area (Å²) >= 11 is 0. The Kier molecular flexibility index (Phi) is 9.57. The molecule has 0 aliphatic heterocycles. The van der Waals surface area contributed by atoms with Crippen LogP contribution in [-0.2, 0) is 0 Å². The highest BCUT2D eigenvalue weighted by atomic mass is 14.7. The van der Waals surface area contributed by atoms with E-state index in [4.69, 9.17) is 4.98 Å². The summed E-state index contributed by atoms with van der Waals surface area (Å²) < 4.78 is 0. The van der Waals surface area contributed by atoms with Crippen LogP contribution in [0.1, 0.15) is 0 Å². The van der Waals surface area contributed by atoms with Crippen molar-refractivity contribution in [3.8, 4) is 89.1 Å². The molecule has 62 heavy (non-hydrogen) atoms. The zero-order valence-electron chi connectivity index (χ0n) is 34.0. The first kappa shape index (κ1) is 36.8. The highest BCUT2D eigenvalue weighted by Crippen LogP contribution is 2.49. The van der Waals surface area contributed by atoms with Gasteiger partial charge in [-0.3, -0.25) is 9.97 Å². The zero-order valence-corrected chi connectivity index (χ0v) is 34.0. The van der Waals surface area contributed by atoms with E-state index in [1.165, 1.54) is 88.3 Å². The lowest BCUT2D eigenvalue weighted by Gasteiger charge is -2.22. The van der Waals surface area contributed by atoms with Crippen molar-refractivity contribution >= 4 is 21.5 Å². The number of aromatic nitrogens is 2. The molecule has 11 aromatic rings. The Labute approximate surface area is 362 Å². The largest absolute Gasteiger partial charge is 0.264 e. The van der Waals surface area contributed by atoms with Crippen LogP contribution in [-0.4, -0.2) is 9.97 Å². The number of benzene rings is 9. The van der Waals surface area contributed by atoms with Crippen LogP contribution in [0.5, 0.6) is 0 Å². The summed E-state index contributed by atoms with van der Waals surface area (Å²) in [7, 11) is 0. The van der Waals surface area contributed by atoms with Crippen molar-refractivity contribution < 1.29 is 0 Å². The third-order valence-electron chi connectivity index (χ3n) is 12.1. The molecule has 2 heteroatoms. The molecule has 290 valence electrons. The summed E-state index contributed by atoms with van der Waals surface area (Å²) in [5.74, 6) is 0. The predicted octanol–water partition coefficient (Wildman–Crippen LogP) is 16.1. The maximum Gasteiger partial charge on any atom is 0.0717 e. The average molecular weight is 789 g/mol. The van der Waals surface area contributed by atoms with Gasteiger partial charge in [-0.15, -0.1) is 0 Å². The molecule has 9 aromatic carbocycles. The summed E-state index contributed by atoms with van der Waals surface area (Å²) in [4.78, 5) is 9.24. The maximum absolute atomic E-state index is 4.91. The van der Waals surface area contributed by atoms with Crippen LogP contribution in [0.4, 0.5) is 0 Å².